The lowest BCUT2D eigenvalue weighted by molar-refractivity contribution is 0.0517. The molecule has 1 aliphatic rings. The SMILES string of the molecule is CCOC(=O)c1n[nH]nc1C1CCNC1. The fourth-order valence-electron chi connectivity index (χ4n) is 1.76. The zero-order chi connectivity index (χ0) is 10.7. The summed E-state index contributed by atoms with van der Waals surface area (Å²) >= 11 is 0. The first kappa shape index (κ1) is 10.1. The summed E-state index contributed by atoms with van der Waals surface area (Å²) in [5.41, 5.74) is 1.05. The van der Waals surface area contributed by atoms with E-state index in [9.17, 15) is 4.79 Å². The van der Waals surface area contributed by atoms with Gasteiger partial charge in [0, 0.05) is 12.5 Å². The first-order chi connectivity index (χ1) is 7.33. The Bertz CT molecular complexity index is 344. The number of aromatic nitrogens is 3. The summed E-state index contributed by atoms with van der Waals surface area (Å²) in [5, 5.41) is 13.6. The van der Waals surface area contributed by atoms with Gasteiger partial charge in [0.05, 0.1) is 6.61 Å². The van der Waals surface area contributed by atoms with Crippen molar-refractivity contribution in [2.45, 2.75) is 19.3 Å². The third kappa shape index (κ3) is 1.99. The summed E-state index contributed by atoms with van der Waals surface area (Å²) in [7, 11) is 0. The van der Waals surface area contributed by atoms with Crippen LogP contribution in [-0.2, 0) is 4.74 Å². The number of esters is 1. The topological polar surface area (TPSA) is 79.9 Å². The standard InChI is InChI=1S/C9H14N4O2/c1-2-15-9(14)8-7(11-13-12-8)6-3-4-10-5-6/h6,10H,2-5H2,1H3,(H,11,12,13). The second-order valence-electron chi connectivity index (χ2n) is 3.47. The molecule has 0 aliphatic carbocycles. The maximum absolute atomic E-state index is 11.5. The van der Waals surface area contributed by atoms with E-state index in [0.717, 1.165) is 25.2 Å². The summed E-state index contributed by atoms with van der Waals surface area (Å²) in [6.07, 6.45) is 0.985. The molecule has 0 amide bonds. The smallest absolute Gasteiger partial charge is 0.360 e. The van der Waals surface area contributed by atoms with Gasteiger partial charge in [0.25, 0.3) is 0 Å². The predicted octanol–water partition coefficient (Wildman–Crippen LogP) is 0.0583. The zero-order valence-corrected chi connectivity index (χ0v) is 8.62. The molecule has 0 spiro atoms. The molecule has 6 heteroatoms. The van der Waals surface area contributed by atoms with Crippen molar-refractivity contribution in [1.29, 1.82) is 0 Å². The average Bonchev–Trinajstić information content (AvgIpc) is 2.88. The molecule has 0 saturated carbocycles. The van der Waals surface area contributed by atoms with Crippen LogP contribution in [-0.4, -0.2) is 41.1 Å². The molecule has 2 heterocycles. The number of aromatic amines is 1. The number of nitrogens with one attached hydrogen (secondary N) is 2. The quantitative estimate of drug-likeness (QED) is 0.689. The van der Waals surface area contributed by atoms with Crippen LogP contribution in [0.5, 0.6) is 0 Å². The van der Waals surface area contributed by atoms with E-state index in [1.165, 1.54) is 0 Å². The van der Waals surface area contributed by atoms with Gasteiger partial charge in [-0.2, -0.15) is 10.3 Å². The molecule has 1 aromatic rings. The molecule has 1 unspecified atom stereocenters. The van der Waals surface area contributed by atoms with Crippen molar-refractivity contribution in [2.24, 2.45) is 0 Å². The molecule has 1 aliphatic heterocycles. The van der Waals surface area contributed by atoms with E-state index in [1.54, 1.807) is 6.92 Å². The van der Waals surface area contributed by atoms with E-state index in [1.807, 2.05) is 0 Å². The number of H-pyrrole nitrogens is 1. The van der Waals surface area contributed by atoms with Crippen molar-refractivity contribution in [3.8, 4) is 0 Å². The van der Waals surface area contributed by atoms with Gasteiger partial charge in [0.1, 0.15) is 5.69 Å². The third-order valence-electron chi connectivity index (χ3n) is 2.49. The van der Waals surface area contributed by atoms with E-state index < -0.39 is 5.97 Å². The summed E-state index contributed by atoms with van der Waals surface area (Å²) < 4.78 is 4.90. The lowest BCUT2D eigenvalue weighted by Gasteiger charge is -2.05. The van der Waals surface area contributed by atoms with Crippen molar-refractivity contribution in [2.75, 3.05) is 19.7 Å². The van der Waals surface area contributed by atoms with Crippen LogP contribution in [0.2, 0.25) is 0 Å². The Morgan fingerprint density at radius 2 is 2.47 bits per heavy atom. The van der Waals surface area contributed by atoms with E-state index in [-0.39, 0.29) is 5.92 Å². The zero-order valence-electron chi connectivity index (χ0n) is 8.62. The van der Waals surface area contributed by atoms with Crippen LogP contribution in [0.15, 0.2) is 0 Å². The highest BCUT2D eigenvalue weighted by Gasteiger charge is 2.26. The highest BCUT2D eigenvalue weighted by atomic mass is 16.5. The lowest BCUT2D eigenvalue weighted by atomic mass is 10.0. The van der Waals surface area contributed by atoms with Gasteiger partial charge in [0.2, 0.25) is 0 Å². The van der Waals surface area contributed by atoms with E-state index in [2.05, 4.69) is 20.7 Å². The number of hydrogen-bond donors (Lipinski definition) is 2. The molecule has 1 fully saturated rings. The molecule has 0 bridgehead atoms. The van der Waals surface area contributed by atoms with Crippen LogP contribution in [0.4, 0.5) is 0 Å². The van der Waals surface area contributed by atoms with Crippen LogP contribution < -0.4 is 5.32 Å². The van der Waals surface area contributed by atoms with Gasteiger partial charge in [-0.25, -0.2) is 4.79 Å². The second kappa shape index (κ2) is 4.39. The molecular weight excluding hydrogens is 196 g/mol. The Labute approximate surface area is 87.4 Å². The molecule has 2 rings (SSSR count). The Kier molecular flexibility index (Phi) is 2.96. The molecule has 1 atom stereocenters. The first-order valence-electron chi connectivity index (χ1n) is 5.11. The number of carbonyl (C=O) groups excluding carboxylic acids is 1. The first-order valence-corrected chi connectivity index (χ1v) is 5.11. The average molecular weight is 210 g/mol. The van der Waals surface area contributed by atoms with Crippen molar-refractivity contribution in [1.82, 2.24) is 20.7 Å². The minimum Gasteiger partial charge on any atom is -0.461 e. The Morgan fingerprint density at radius 1 is 1.60 bits per heavy atom. The van der Waals surface area contributed by atoms with E-state index >= 15 is 0 Å². The number of rotatable bonds is 3. The Hall–Kier alpha value is -1.43. The minimum atomic E-state index is -0.395. The molecule has 82 valence electrons. The van der Waals surface area contributed by atoms with Gasteiger partial charge in [-0.15, -0.1) is 5.10 Å². The summed E-state index contributed by atoms with van der Waals surface area (Å²) in [6, 6.07) is 0. The fourth-order valence-corrected chi connectivity index (χ4v) is 1.76. The van der Waals surface area contributed by atoms with Crippen molar-refractivity contribution in [3.63, 3.8) is 0 Å². The van der Waals surface area contributed by atoms with Gasteiger partial charge in [-0.05, 0) is 19.9 Å². The highest BCUT2D eigenvalue weighted by Crippen LogP contribution is 2.22. The van der Waals surface area contributed by atoms with Crippen LogP contribution in [0.25, 0.3) is 0 Å². The lowest BCUT2D eigenvalue weighted by Crippen LogP contribution is -2.13. The highest BCUT2D eigenvalue weighted by molar-refractivity contribution is 5.88. The fraction of sp³-hybridized carbons (Fsp3) is 0.667. The van der Waals surface area contributed by atoms with Gasteiger partial charge >= 0.3 is 5.97 Å². The van der Waals surface area contributed by atoms with Gasteiger partial charge < -0.3 is 10.1 Å². The maximum Gasteiger partial charge on any atom is 0.360 e. The predicted molar refractivity (Wildman–Crippen MR) is 52.6 cm³/mol. The number of carbonyl (C=O) groups is 1. The molecule has 0 aromatic carbocycles. The van der Waals surface area contributed by atoms with Gasteiger partial charge in [-0.1, -0.05) is 0 Å². The second-order valence-corrected chi connectivity index (χ2v) is 3.47. The number of hydrogen-bond acceptors (Lipinski definition) is 5. The Morgan fingerprint density at radius 3 is 3.13 bits per heavy atom. The molecule has 2 N–H and O–H groups in total. The van der Waals surface area contributed by atoms with Crippen molar-refractivity contribution in [3.05, 3.63) is 11.4 Å². The molecule has 0 radical (unpaired) electrons. The molecule has 1 saturated heterocycles. The largest absolute Gasteiger partial charge is 0.461 e. The van der Waals surface area contributed by atoms with E-state index in [0.29, 0.717) is 12.3 Å². The Balaban J connectivity index is 2.17. The monoisotopic (exact) mass is 210 g/mol. The van der Waals surface area contributed by atoms with Crippen LogP contribution in [0.1, 0.15) is 35.4 Å². The summed E-state index contributed by atoms with van der Waals surface area (Å²) in [5.74, 6) is -0.128. The third-order valence-corrected chi connectivity index (χ3v) is 2.49. The molecular formula is C9H14N4O2. The van der Waals surface area contributed by atoms with Crippen LogP contribution in [0.3, 0.4) is 0 Å². The molecule has 15 heavy (non-hydrogen) atoms. The summed E-state index contributed by atoms with van der Waals surface area (Å²) in [4.78, 5) is 11.5. The molecule has 1 aromatic heterocycles. The van der Waals surface area contributed by atoms with Crippen molar-refractivity contribution < 1.29 is 9.53 Å². The van der Waals surface area contributed by atoms with Crippen molar-refractivity contribution >= 4 is 5.97 Å². The summed E-state index contributed by atoms with van der Waals surface area (Å²) in [6.45, 7) is 3.93. The number of nitrogens with zero attached hydrogens (tertiary/aromatic N) is 2. The van der Waals surface area contributed by atoms with E-state index in [4.69, 9.17) is 4.74 Å². The maximum atomic E-state index is 11.5. The molecule has 6 nitrogen and oxygen atoms in total. The number of ether oxygens (including phenoxy) is 1. The minimum absolute atomic E-state index is 0.267. The van der Waals surface area contributed by atoms with Crippen LogP contribution in [0, 0.1) is 0 Å². The van der Waals surface area contributed by atoms with Crippen LogP contribution >= 0.6 is 0 Å². The van der Waals surface area contributed by atoms with Gasteiger partial charge in [0.15, 0.2) is 5.69 Å². The normalized spacial score (nSPS) is 20.5. The van der Waals surface area contributed by atoms with Gasteiger partial charge in [-0.3, -0.25) is 0 Å².